The van der Waals surface area contributed by atoms with Gasteiger partial charge in [0.15, 0.2) is 11.5 Å². The second kappa shape index (κ2) is 6.98. The highest BCUT2D eigenvalue weighted by atomic mass is 16.5. The number of ether oxygens (including phenoxy) is 2. The van der Waals surface area contributed by atoms with Gasteiger partial charge in [0, 0.05) is 6.54 Å². The SMILES string of the molecule is COc1cc(CNCCCN)cc(OC)c1O. The molecule has 4 N–H and O–H groups in total. The second-order valence-electron chi connectivity index (χ2n) is 3.67. The van der Waals surface area contributed by atoms with Crippen molar-refractivity contribution in [3.05, 3.63) is 17.7 Å². The molecule has 0 unspecified atom stereocenters. The fourth-order valence-corrected chi connectivity index (χ4v) is 1.51. The summed E-state index contributed by atoms with van der Waals surface area (Å²) in [6, 6.07) is 3.57. The molecule has 96 valence electrons. The third-order valence-corrected chi connectivity index (χ3v) is 2.43. The van der Waals surface area contributed by atoms with Crippen molar-refractivity contribution >= 4 is 0 Å². The largest absolute Gasteiger partial charge is 0.502 e. The van der Waals surface area contributed by atoms with Gasteiger partial charge in [-0.2, -0.15) is 0 Å². The number of hydrogen-bond acceptors (Lipinski definition) is 5. The molecule has 1 aromatic carbocycles. The zero-order valence-corrected chi connectivity index (χ0v) is 10.3. The summed E-state index contributed by atoms with van der Waals surface area (Å²) in [4.78, 5) is 0. The van der Waals surface area contributed by atoms with Crippen LogP contribution in [0.2, 0.25) is 0 Å². The van der Waals surface area contributed by atoms with Crippen molar-refractivity contribution < 1.29 is 14.6 Å². The molecule has 0 aromatic heterocycles. The first-order valence-corrected chi connectivity index (χ1v) is 5.57. The Kier molecular flexibility index (Phi) is 5.59. The molecule has 0 aliphatic carbocycles. The van der Waals surface area contributed by atoms with Crippen molar-refractivity contribution in [3.63, 3.8) is 0 Å². The number of rotatable bonds is 7. The number of nitrogens with two attached hydrogens (primary N) is 1. The monoisotopic (exact) mass is 240 g/mol. The maximum atomic E-state index is 9.74. The van der Waals surface area contributed by atoms with Crippen molar-refractivity contribution in [2.75, 3.05) is 27.3 Å². The molecule has 0 atom stereocenters. The highest BCUT2D eigenvalue weighted by Gasteiger charge is 2.10. The number of nitrogens with one attached hydrogen (secondary N) is 1. The molecular weight excluding hydrogens is 220 g/mol. The van der Waals surface area contributed by atoms with Gasteiger partial charge in [-0.25, -0.2) is 0 Å². The average molecular weight is 240 g/mol. The summed E-state index contributed by atoms with van der Waals surface area (Å²) in [5.74, 6) is 0.862. The van der Waals surface area contributed by atoms with Gasteiger partial charge in [-0.15, -0.1) is 0 Å². The summed E-state index contributed by atoms with van der Waals surface area (Å²) < 4.78 is 10.2. The van der Waals surface area contributed by atoms with Gasteiger partial charge in [-0.05, 0) is 37.2 Å². The lowest BCUT2D eigenvalue weighted by Crippen LogP contribution is -2.17. The molecule has 0 heterocycles. The van der Waals surface area contributed by atoms with E-state index in [1.807, 2.05) is 0 Å². The topological polar surface area (TPSA) is 76.7 Å². The van der Waals surface area contributed by atoms with Gasteiger partial charge in [0.05, 0.1) is 14.2 Å². The zero-order valence-electron chi connectivity index (χ0n) is 10.3. The van der Waals surface area contributed by atoms with E-state index in [0.717, 1.165) is 18.5 Å². The molecule has 1 aromatic rings. The fraction of sp³-hybridized carbons (Fsp3) is 0.500. The van der Waals surface area contributed by atoms with Crippen LogP contribution in [0.25, 0.3) is 0 Å². The third-order valence-electron chi connectivity index (χ3n) is 2.43. The lowest BCUT2D eigenvalue weighted by atomic mass is 10.2. The predicted molar refractivity (Wildman–Crippen MR) is 66.6 cm³/mol. The summed E-state index contributed by atoms with van der Waals surface area (Å²) in [6.45, 7) is 2.23. The summed E-state index contributed by atoms with van der Waals surface area (Å²) >= 11 is 0. The minimum Gasteiger partial charge on any atom is -0.502 e. The Morgan fingerprint density at radius 2 is 1.82 bits per heavy atom. The number of aromatic hydroxyl groups is 1. The van der Waals surface area contributed by atoms with Crippen LogP contribution in [0.15, 0.2) is 12.1 Å². The van der Waals surface area contributed by atoms with Crippen LogP contribution in [0.5, 0.6) is 17.2 Å². The van der Waals surface area contributed by atoms with Crippen molar-refractivity contribution in [1.29, 1.82) is 0 Å². The minimum atomic E-state index is 0.0284. The number of benzene rings is 1. The maximum Gasteiger partial charge on any atom is 0.200 e. The Bertz CT molecular complexity index is 331. The van der Waals surface area contributed by atoms with Gasteiger partial charge < -0.3 is 25.6 Å². The lowest BCUT2D eigenvalue weighted by Gasteiger charge is -2.11. The van der Waals surface area contributed by atoms with Crippen LogP contribution in [0.3, 0.4) is 0 Å². The fourth-order valence-electron chi connectivity index (χ4n) is 1.51. The average Bonchev–Trinajstić information content (AvgIpc) is 2.36. The van der Waals surface area contributed by atoms with Gasteiger partial charge in [-0.1, -0.05) is 0 Å². The summed E-state index contributed by atoms with van der Waals surface area (Å²) in [5, 5.41) is 13.0. The summed E-state index contributed by atoms with van der Waals surface area (Å²) in [7, 11) is 3.03. The second-order valence-corrected chi connectivity index (χ2v) is 3.67. The quantitative estimate of drug-likeness (QED) is 0.616. The Balaban J connectivity index is 2.71. The molecular formula is C12H20N2O3. The van der Waals surface area contributed by atoms with E-state index in [1.165, 1.54) is 14.2 Å². The van der Waals surface area contributed by atoms with Crippen molar-refractivity contribution in [2.45, 2.75) is 13.0 Å². The normalized spacial score (nSPS) is 10.3. The van der Waals surface area contributed by atoms with Crippen LogP contribution in [0, 0.1) is 0 Å². The van der Waals surface area contributed by atoms with Gasteiger partial charge >= 0.3 is 0 Å². The first-order chi connectivity index (χ1) is 8.22. The summed E-state index contributed by atoms with van der Waals surface area (Å²) in [5.41, 5.74) is 6.40. The van der Waals surface area contributed by atoms with Crippen LogP contribution in [-0.2, 0) is 6.54 Å². The smallest absolute Gasteiger partial charge is 0.200 e. The van der Waals surface area contributed by atoms with Crippen molar-refractivity contribution in [3.8, 4) is 17.2 Å². The molecule has 0 saturated carbocycles. The molecule has 0 saturated heterocycles. The Morgan fingerprint density at radius 1 is 1.24 bits per heavy atom. The molecule has 5 heteroatoms. The van der Waals surface area contributed by atoms with Crippen molar-refractivity contribution in [1.82, 2.24) is 5.32 Å². The molecule has 0 amide bonds. The molecule has 0 aliphatic rings. The lowest BCUT2D eigenvalue weighted by molar-refractivity contribution is 0.339. The van der Waals surface area contributed by atoms with E-state index in [9.17, 15) is 5.11 Å². The van der Waals surface area contributed by atoms with E-state index < -0.39 is 0 Å². The molecule has 0 radical (unpaired) electrons. The van der Waals surface area contributed by atoms with E-state index in [2.05, 4.69) is 5.32 Å². The molecule has 0 fully saturated rings. The van der Waals surface area contributed by atoms with Crippen molar-refractivity contribution in [2.24, 2.45) is 5.73 Å². The minimum absolute atomic E-state index is 0.0284. The van der Waals surface area contributed by atoms with Gasteiger partial charge in [-0.3, -0.25) is 0 Å². The maximum absolute atomic E-state index is 9.74. The van der Waals surface area contributed by atoms with E-state index in [4.69, 9.17) is 15.2 Å². The molecule has 0 aliphatic heterocycles. The van der Waals surface area contributed by atoms with E-state index >= 15 is 0 Å². The van der Waals surface area contributed by atoms with Gasteiger partial charge in [0.2, 0.25) is 5.75 Å². The molecule has 1 rings (SSSR count). The number of phenols is 1. The molecule has 5 nitrogen and oxygen atoms in total. The first kappa shape index (κ1) is 13.6. The number of hydrogen-bond donors (Lipinski definition) is 3. The highest BCUT2D eigenvalue weighted by Crippen LogP contribution is 2.36. The Hall–Kier alpha value is -1.46. The highest BCUT2D eigenvalue weighted by molar-refractivity contribution is 5.52. The standard InChI is InChI=1S/C12H20N2O3/c1-16-10-6-9(8-14-5-3-4-13)7-11(17-2)12(10)15/h6-7,14-15H,3-5,8,13H2,1-2H3. The third kappa shape index (κ3) is 3.80. The van der Waals surface area contributed by atoms with Gasteiger partial charge in [0.25, 0.3) is 0 Å². The van der Waals surface area contributed by atoms with E-state index in [-0.39, 0.29) is 5.75 Å². The number of methoxy groups -OCH3 is 2. The van der Waals surface area contributed by atoms with Gasteiger partial charge in [0.1, 0.15) is 0 Å². The Labute approximate surface area is 102 Å². The van der Waals surface area contributed by atoms with E-state index in [0.29, 0.717) is 24.6 Å². The molecule has 0 spiro atoms. The van der Waals surface area contributed by atoms with Crippen LogP contribution >= 0.6 is 0 Å². The molecule has 0 bridgehead atoms. The first-order valence-electron chi connectivity index (χ1n) is 5.57. The predicted octanol–water partition coefficient (Wildman–Crippen LogP) is 0.848. The molecule has 17 heavy (non-hydrogen) atoms. The van der Waals surface area contributed by atoms with E-state index in [1.54, 1.807) is 12.1 Å². The zero-order chi connectivity index (χ0) is 12.7. The Morgan fingerprint density at radius 3 is 2.29 bits per heavy atom. The van der Waals surface area contributed by atoms with Crippen LogP contribution < -0.4 is 20.5 Å². The summed E-state index contributed by atoms with van der Waals surface area (Å²) in [6.07, 6.45) is 0.937. The number of phenolic OH excluding ortho intramolecular Hbond substituents is 1. The van der Waals surface area contributed by atoms with Crippen LogP contribution in [-0.4, -0.2) is 32.4 Å². The van der Waals surface area contributed by atoms with Crippen LogP contribution in [0.1, 0.15) is 12.0 Å². The van der Waals surface area contributed by atoms with Crippen LogP contribution in [0.4, 0.5) is 0 Å².